The zero-order chi connectivity index (χ0) is 23.8. The van der Waals surface area contributed by atoms with Gasteiger partial charge in [0.1, 0.15) is 0 Å². The summed E-state index contributed by atoms with van der Waals surface area (Å²) in [5.41, 5.74) is 5.52. The molecule has 0 aliphatic carbocycles. The highest BCUT2D eigenvalue weighted by Crippen LogP contribution is 2.24. The molecule has 3 aromatic rings. The molecule has 0 amide bonds. The molecule has 0 unspecified atom stereocenters. The Labute approximate surface area is 196 Å². The average molecular weight is 466 g/mol. The van der Waals surface area contributed by atoms with Gasteiger partial charge in [-0.15, -0.1) is 0 Å². The predicted octanol–water partition coefficient (Wildman–Crippen LogP) is 3.90. The number of benzene rings is 2. The average Bonchev–Trinajstić information content (AvgIpc) is 3.08. The van der Waals surface area contributed by atoms with Gasteiger partial charge in [0.2, 0.25) is 10.0 Å². The van der Waals surface area contributed by atoms with Crippen molar-refractivity contribution in [2.75, 3.05) is 32.7 Å². The van der Waals surface area contributed by atoms with Crippen molar-refractivity contribution in [2.45, 2.75) is 32.6 Å². The van der Waals surface area contributed by atoms with E-state index in [1.165, 1.54) is 4.31 Å². The van der Waals surface area contributed by atoms with E-state index in [1.807, 2.05) is 81.1 Å². The summed E-state index contributed by atoms with van der Waals surface area (Å²) < 4.78 is 29.9. The Balaban J connectivity index is 1.43. The number of aryl methyl sites for hydroxylation is 3. The lowest BCUT2D eigenvalue weighted by Crippen LogP contribution is -2.49. The number of carbonyl (C=O) groups excluding carboxylic acids is 1. The number of para-hydroxylation sites is 1. The number of Topliss-reactive ketones (excluding diaryl/α,β-unsaturated/α-hetero) is 1. The van der Waals surface area contributed by atoms with Crippen LogP contribution in [-0.4, -0.2) is 60.7 Å². The van der Waals surface area contributed by atoms with Crippen LogP contribution in [0.2, 0.25) is 0 Å². The lowest BCUT2D eigenvalue weighted by molar-refractivity contribution is 0.0901. The van der Waals surface area contributed by atoms with E-state index in [0.29, 0.717) is 31.1 Å². The molecule has 4 rings (SSSR count). The molecule has 1 aromatic heterocycles. The summed E-state index contributed by atoms with van der Waals surface area (Å²) in [5.74, 6) is 0.0657. The van der Waals surface area contributed by atoms with Crippen LogP contribution < -0.4 is 0 Å². The molecule has 0 atom stereocenters. The van der Waals surface area contributed by atoms with Crippen molar-refractivity contribution in [1.82, 2.24) is 13.8 Å². The molecule has 1 aliphatic rings. The number of hydrogen-bond donors (Lipinski definition) is 0. The molecule has 174 valence electrons. The molecule has 1 saturated heterocycles. The van der Waals surface area contributed by atoms with Crippen LogP contribution >= 0.6 is 0 Å². The Morgan fingerprint density at radius 1 is 0.879 bits per heavy atom. The molecule has 1 fully saturated rings. The first-order valence-corrected chi connectivity index (χ1v) is 12.7. The van der Waals surface area contributed by atoms with Gasteiger partial charge in [-0.1, -0.05) is 35.9 Å². The highest BCUT2D eigenvalue weighted by Gasteiger charge is 2.30. The minimum Gasteiger partial charge on any atom is -0.318 e. The maximum atomic E-state index is 13.1. The van der Waals surface area contributed by atoms with Crippen molar-refractivity contribution in [3.8, 4) is 5.69 Å². The van der Waals surface area contributed by atoms with Gasteiger partial charge in [-0.3, -0.25) is 9.69 Å². The number of hydrogen-bond acceptors (Lipinski definition) is 4. The summed E-state index contributed by atoms with van der Waals surface area (Å²) in [4.78, 5) is 15.5. The monoisotopic (exact) mass is 465 g/mol. The van der Waals surface area contributed by atoms with Gasteiger partial charge in [0.25, 0.3) is 0 Å². The van der Waals surface area contributed by atoms with E-state index in [2.05, 4.69) is 4.57 Å². The third-order valence-corrected chi connectivity index (χ3v) is 8.45. The van der Waals surface area contributed by atoms with E-state index in [-0.39, 0.29) is 12.3 Å². The Morgan fingerprint density at radius 3 is 2.18 bits per heavy atom. The van der Waals surface area contributed by atoms with E-state index < -0.39 is 10.0 Å². The number of rotatable bonds is 6. The van der Waals surface area contributed by atoms with Gasteiger partial charge in [0.05, 0.1) is 11.4 Å². The fourth-order valence-electron chi connectivity index (χ4n) is 4.66. The number of ketones is 1. The van der Waals surface area contributed by atoms with Gasteiger partial charge in [-0.25, -0.2) is 8.42 Å². The van der Waals surface area contributed by atoms with E-state index >= 15 is 0 Å². The van der Waals surface area contributed by atoms with Gasteiger partial charge in [0.15, 0.2) is 5.78 Å². The minimum atomic E-state index is -3.53. The van der Waals surface area contributed by atoms with Gasteiger partial charge >= 0.3 is 0 Å². The lowest BCUT2D eigenvalue weighted by Gasteiger charge is -2.33. The SMILES string of the molecule is Cc1ccc(S(=O)(=O)N2CCN(CC(=O)c3cc(C)n(-c4ccccc4)c3C)CC2)c(C)c1. The summed E-state index contributed by atoms with van der Waals surface area (Å²) in [6.45, 7) is 9.89. The van der Waals surface area contributed by atoms with E-state index in [9.17, 15) is 13.2 Å². The van der Waals surface area contributed by atoms with E-state index in [0.717, 1.165) is 33.8 Å². The van der Waals surface area contributed by atoms with Crippen LogP contribution in [0.5, 0.6) is 0 Å². The van der Waals surface area contributed by atoms with Gasteiger partial charge in [-0.2, -0.15) is 4.31 Å². The molecule has 2 aromatic carbocycles. The Morgan fingerprint density at radius 2 is 1.55 bits per heavy atom. The molecule has 0 spiro atoms. The molecular formula is C26H31N3O3S. The molecule has 0 saturated carbocycles. The van der Waals surface area contributed by atoms with Gasteiger partial charge in [-0.05, 0) is 57.5 Å². The van der Waals surface area contributed by atoms with Crippen LogP contribution in [0.1, 0.15) is 32.9 Å². The van der Waals surface area contributed by atoms with Gasteiger partial charge < -0.3 is 4.57 Å². The molecule has 1 aliphatic heterocycles. The molecule has 33 heavy (non-hydrogen) atoms. The Hall–Kier alpha value is -2.74. The second-order valence-electron chi connectivity index (χ2n) is 8.83. The maximum absolute atomic E-state index is 13.1. The zero-order valence-electron chi connectivity index (χ0n) is 19.7. The van der Waals surface area contributed by atoms with Crippen molar-refractivity contribution < 1.29 is 13.2 Å². The van der Waals surface area contributed by atoms with Crippen molar-refractivity contribution in [3.05, 3.63) is 82.7 Å². The second kappa shape index (κ2) is 9.25. The second-order valence-corrected chi connectivity index (χ2v) is 10.7. The highest BCUT2D eigenvalue weighted by molar-refractivity contribution is 7.89. The smallest absolute Gasteiger partial charge is 0.243 e. The molecule has 0 N–H and O–H groups in total. The normalized spacial score (nSPS) is 15.6. The van der Waals surface area contributed by atoms with Crippen LogP contribution in [0.4, 0.5) is 0 Å². The first-order chi connectivity index (χ1) is 15.7. The first-order valence-electron chi connectivity index (χ1n) is 11.3. The van der Waals surface area contributed by atoms with Crippen LogP contribution in [0, 0.1) is 27.7 Å². The predicted molar refractivity (Wildman–Crippen MR) is 131 cm³/mol. The van der Waals surface area contributed by atoms with Crippen molar-refractivity contribution in [2.24, 2.45) is 0 Å². The summed E-state index contributed by atoms with van der Waals surface area (Å²) in [6, 6.07) is 17.4. The van der Waals surface area contributed by atoms with Gasteiger partial charge in [0, 0.05) is 48.8 Å². The number of carbonyl (C=O) groups is 1. The largest absolute Gasteiger partial charge is 0.318 e. The fraction of sp³-hybridized carbons (Fsp3) is 0.346. The van der Waals surface area contributed by atoms with Crippen LogP contribution in [0.15, 0.2) is 59.5 Å². The minimum absolute atomic E-state index is 0.0657. The molecule has 7 heteroatoms. The van der Waals surface area contributed by atoms with Crippen molar-refractivity contribution >= 4 is 15.8 Å². The number of nitrogens with zero attached hydrogens (tertiary/aromatic N) is 3. The lowest BCUT2D eigenvalue weighted by atomic mass is 10.1. The van der Waals surface area contributed by atoms with Crippen LogP contribution in [0.25, 0.3) is 5.69 Å². The Bertz CT molecular complexity index is 1270. The first kappa shape index (κ1) is 23.4. The third kappa shape index (κ3) is 4.67. The Kier molecular flexibility index (Phi) is 6.56. The van der Waals surface area contributed by atoms with E-state index in [4.69, 9.17) is 0 Å². The topological polar surface area (TPSA) is 62.6 Å². The molecule has 6 nitrogen and oxygen atoms in total. The standard InChI is InChI=1S/C26H31N3O3S/c1-19-10-11-26(20(2)16-19)33(31,32)28-14-12-27(13-15-28)18-25(30)24-17-21(3)29(22(24)4)23-8-6-5-7-9-23/h5-11,16-17H,12-15,18H2,1-4H3. The quantitative estimate of drug-likeness (QED) is 0.518. The van der Waals surface area contributed by atoms with Crippen molar-refractivity contribution in [1.29, 1.82) is 0 Å². The summed E-state index contributed by atoms with van der Waals surface area (Å²) >= 11 is 0. The summed E-state index contributed by atoms with van der Waals surface area (Å²) in [5, 5.41) is 0. The molecule has 2 heterocycles. The van der Waals surface area contributed by atoms with Crippen LogP contribution in [0.3, 0.4) is 0 Å². The molecule has 0 radical (unpaired) electrons. The zero-order valence-corrected chi connectivity index (χ0v) is 20.5. The maximum Gasteiger partial charge on any atom is 0.243 e. The van der Waals surface area contributed by atoms with Crippen LogP contribution in [-0.2, 0) is 10.0 Å². The van der Waals surface area contributed by atoms with E-state index in [1.54, 1.807) is 6.07 Å². The van der Waals surface area contributed by atoms with Crippen molar-refractivity contribution in [3.63, 3.8) is 0 Å². The summed E-state index contributed by atoms with van der Waals surface area (Å²) in [6.07, 6.45) is 0. The number of piperazine rings is 1. The highest BCUT2D eigenvalue weighted by atomic mass is 32.2. The fourth-order valence-corrected chi connectivity index (χ4v) is 6.29. The molecule has 0 bridgehead atoms. The number of aromatic nitrogens is 1. The third-order valence-electron chi connectivity index (χ3n) is 6.39. The summed E-state index contributed by atoms with van der Waals surface area (Å²) in [7, 11) is -3.53. The molecular weight excluding hydrogens is 434 g/mol. The number of sulfonamides is 1.